The number of hydrogen-bond donors (Lipinski definition) is 1. The number of carbonyl (C=O) groups is 2. The molecular formula is C15H10BrClO4. The van der Waals surface area contributed by atoms with E-state index in [0.717, 1.165) is 4.47 Å². The highest BCUT2D eigenvalue weighted by atomic mass is 79.9. The van der Waals surface area contributed by atoms with Crippen LogP contribution in [0, 0.1) is 0 Å². The van der Waals surface area contributed by atoms with Crippen LogP contribution in [-0.2, 0) is 4.79 Å². The van der Waals surface area contributed by atoms with Crippen molar-refractivity contribution < 1.29 is 19.4 Å². The summed E-state index contributed by atoms with van der Waals surface area (Å²) in [5.74, 6) is -1.23. The number of rotatable bonds is 5. The minimum Gasteiger partial charge on any atom is -0.481 e. The average molecular weight is 370 g/mol. The zero-order valence-electron chi connectivity index (χ0n) is 10.7. The molecule has 0 amide bonds. The van der Waals surface area contributed by atoms with Gasteiger partial charge in [-0.25, -0.2) is 4.79 Å². The zero-order chi connectivity index (χ0) is 15.4. The van der Waals surface area contributed by atoms with Crippen molar-refractivity contribution in [3.05, 3.63) is 63.1 Å². The van der Waals surface area contributed by atoms with Crippen LogP contribution in [0.3, 0.4) is 0 Å². The highest BCUT2D eigenvalue weighted by molar-refractivity contribution is 9.10. The van der Waals surface area contributed by atoms with Gasteiger partial charge in [-0.3, -0.25) is 4.79 Å². The van der Waals surface area contributed by atoms with Crippen LogP contribution in [0.1, 0.15) is 15.9 Å². The SMILES string of the molecule is O=C(O)COc1ccc(Cl)cc1C(=O)c1cccc(Br)c1. The van der Waals surface area contributed by atoms with Crippen LogP contribution in [-0.4, -0.2) is 23.5 Å². The minimum atomic E-state index is -1.12. The highest BCUT2D eigenvalue weighted by Crippen LogP contribution is 2.26. The Morgan fingerprint density at radius 3 is 2.62 bits per heavy atom. The molecule has 0 aliphatic carbocycles. The summed E-state index contributed by atoms with van der Waals surface area (Å²) < 4.78 is 5.90. The Balaban J connectivity index is 2.39. The molecule has 0 bridgehead atoms. The standard InChI is InChI=1S/C15H10BrClO4/c16-10-3-1-2-9(6-10)15(20)12-7-11(17)4-5-13(12)21-8-14(18)19/h1-7H,8H2,(H,18,19). The molecule has 0 fully saturated rings. The Kier molecular flexibility index (Phi) is 4.98. The van der Waals surface area contributed by atoms with Gasteiger partial charge in [-0.05, 0) is 30.3 Å². The van der Waals surface area contributed by atoms with Crippen molar-refractivity contribution in [3.8, 4) is 5.75 Å². The fourth-order valence-electron chi connectivity index (χ4n) is 1.73. The lowest BCUT2D eigenvalue weighted by atomic mass is 10.0. The van der Waals surface area contributed by atoms with Crippen molar-refractivity contribution in [3.63, 3.8) is 0 Å². The average Bonchev–Trinajstić information content (AvgIpc) is 2.45. The van der Waals surface area contributed by atoms with Crippen LogP contribution in [0.25, 0.3) is 0 Å². The summed E-state index contributed by atoms with van der Waals surface area (Å²) in [4.78, 5) is 23.1. The molecule has 1 N–H and O–H groups in total. The molecule has 21 heavy (non-hydrogen) atoms. The summed E-state index contributed by atoms with van der Waals surface area (Å²) in [6, 6.07) is 11.4. The van der Waals surface area contributed by atoms with Gasteiger partial charge in [0.2, 0.25) is 0 Å². The van der Waals surface area contributed by atoms with Gasteiger partial charge >= 0.3 is 5.97 Å². The zero-order valence-corrected chi connectivity index (χ0v) is 13.0. The second-order valence-corrected chi connectivity index (χ2v) is 5.51. The Labute approximate surface area is 134 Å². The Bertz CT molecular complexity index is 700. The lowest BCUT2D eigenvalue weighted by molar-refractivity contribution is -0.139. The highest BCUT2D eigenvalue weighted by Gasteiger charge is 2.16. The van der Waals surface area contributed by atoms with Crippen molar-refractivity contribution in [2.24, 2.45) is 0 Å². The van der Waals surface area contributed by atoms with E-state index in [-0.39, 0.29) is 17.1 Å². The van der Waals surface area contributed by atoms with Crippen molar-refractivity contribution >= 4 is 39.3 Å². The molecule has 0 aromatic heterocycles. The first-order chi connectivity index (χ1) is 9.97. The van der Waals surface area contributed by atoms with Crippen LogP contribution in [0.15, 0.2) is 46.9 Å². The summed E-state index contributed by atoms with van der Waals surface area (Å²) in [6.07, 6.45) is 0. The smallest absolute Gasteiger partial charge is 0.341 e. The third-order valence-corrected chi connectivity index (χ3v) is 3.35. The van der Waals surface area contributed by atoms with E-state index < -0.39 is 12.6 Å². The third-order valence-electron chi connectivity index (χ3n) is 2.62. The Morgan fingerprint density at radius 1 is 1.19 bits per heavy atom. The maximum atomic E-state index is 12.5. The van der Waals surface area contributed by atoms with Gasteiger partial charge in [0.15, 0.2) is 12.4 Å². The molecule has 4 nitrogen and oxygen atoms in total. The number of ketones is 1. The van der Waals surface area contributed by atoms with E-state index in [1.165, 1.54) is 18.2 Å². The van der Waals surface area contributed by atoms with E-state index in [4.69, 9.17) is 21.4 Å². The van der Waals surface area contributed by atoms with Gasteiger partial charge in [-0.15, -0.1) is 0 Å². The van der Waals surface area contributed by atoms with Gasteiger partial charge in [0, 0.05) is 15.1 Å². The molecule has 0 heterocycles. The molecular weight excluding hydrogens is 360 g/mol. The molecule has 0 saturated carbocycles. The van der Waals surface area contributed by atoms with E-state index >= 15 is 0 Å². The fraction of sp³-hybridized carbons (Fsp3) is 0.0667. The molecule has 108 valence electrons. The van der Waals surface area contributed by atoms with Gasteiger partial charge in [-0.1, -0.05) is 39.7 Å². The lowest BCUT2D eigenvalue weighted by Gasteiger charge is -2.10. The van der Waals surface area contributed by atoms with Gasteiger partial charge < -0.3 is 9.84 Å². The molecule has 2 rings (SSSR count). The van der Waals surface area contributed by atoms with Crippen molar-refractivity contribution in [1.29, 1.82) is 0 Å². The van der Waals surface area contributed by atoms with Crippen LogP contribution in [0.5, 0.6) is 5.75 Å². The number of carboxylic acid groups (broad SMARTS) is 1. The van der Waals surface area contributed by atoms with E-state index in [1.807, 2.05) is 0 Å². The van der Waals surface area contributed by atoms with Crippen LogP contribution in [0.2, 0.25) is 5.02 Å². The van der Waals surface area contributed by atoms with E-state index in [2.05, 4.69) is 15.9 Å². The Hall–Kier alpha value is -1.85. The number of benzene rings is 2. The molecule has 0 saturated heterocycles. The van der Waals surface area contributed by atoms with Gasteiger partial charge in [-0.2, -0.15) is 0 Å². The van der Waals surface area contributed by atoms with Crippen molar-refractivity contribution in [1.82, 2.24) is 0 Å². The van der Waals surface area contributed by atoms with Crippen LogP contribution in [0.4, 0.5) is 0 Å². The minimum absolute atomic E-state index is 0.187. The molecule has 0 radical (unpaired) electrons. The topological polar surface area (TPSA) is 63.6 Å². The molecule has 6 heteroatoms. The van der Waals surface area contributed by atoms with Crippen molar-refractivity contribution in [2.45, 2.75) is 0 Å². The first kappa shape index (κ1) is 15.5. The molecule has 2 aromatic carbocycles. The third kappa shape index (κ3) is 4.06. The summed E-state index contributed by atoms with van der Waals surface area (Å²) >= 11 is 9.21. The van der Waals surface area contributed by atoms with Gasteiger partial charge in [0.05, 0.1) is 5.56 Å². The van der Waals surface area contributed by atoms with Gasteiger partial charge in [0.1, 0.15) is 5.75 Å². The number of halogens is 2. The molecule has 2 aromatic rings. The van der Waals surface area contributed by atoms with Gasteiger partial charge in [0.25, 0.3) is 0 Å². The Morgan fingerprint density at radius 2 is 1.95 bits per heavy atom. The summed E-state index contributed by atoms with van der Waals surface area (Å²) in [7, 11) is 0. The van der Waals surface area contributed by atoms with E-state index in [1.54, 1.807) is 24.3 Å². The van der Waals surface area contributed by atoms with Crippen molar-refractivity contribution in [2.75, 3.05) is 6.61 Å². The molecule has 0 unspecified atom stereocenters. The summed E-state index contributed by atoms with van der Waals surface area (Å²) in [6.45, 7) is -0.527. The monoisotopic (exact) mass is 368 g/mol. The first-order valence-electron chi connectivity index (χ1n) is 5.92. The molecule has 0 spiro atoms. The normalized spacial score (nSPS) is 10.2. The summed E-state index contributed by atoms with van der Waals surface area (Å²) in [5.41, 5.74) is 0.675. The number of carboxylic acids is 1. The fourth-order valence-corrected chi connectivity index (χ4v) is 2.30. The maximum absolute atomic E-state index is 12.5. The molecule has 0 atom stereocenters. The number of hydrogen-bond acceptors (Lipinski definition) is 3. The maximum Gasteiger partial charge on any atom is 0.341 e. The van der Waals surface area contributed by atoms with E-state index in [0.29, 0.717) is 10.6 Å². The second-order valence-electron chi connectivity index (χ2n) is 4.16. The van der Waals surface area contributed by atoms with E-state index in [9.17, 15) is 9.59 Å². The quantitative estimate of drug-likeness (QED) is 0.814. The number of ether oxygens (including phenoxy) is 1. The van der Waals surface area contributed by atoms with Crippen LogP contribution >= 0.6 is 27.5 Å². The lowest BCUT2D eigenvalue weighted by Crippen LogP contribution is -2.12. The predicted molar refractivity (Wildman–Crippen MR) is 82.2 cm³/mol. The summed E-state index contributed by atoms with van der Waals surface area (Å²) in [5, 5.41) is 9.04. The predicted octanol–water partition coefficient (Wildman–Crippen LogP) is 3.80. The molecule has 0 aliphatic rings. The van der Waals surface area contributed by atoms with Crippen LogP contribution < -0.4 is 4.74 Å². The number of carbonyl (C=O) groups excluding carboxylic acids is 1. The first-order valence-corrected chi connectivity index (χ1v) is 7.09. The molecule has 0 aliphatic heterocycles. The largest absolute Gasteiger partial charge is 0.481 e. The second kappa shape index (κ2) is 6.74. The number of aliphatic carboxylic acids is 1.